The predicted octanol–water partition coefficient (Wildman–Crippen LogP) is 0.467. The van der Waals surface area contributed by atoms with Crippen molar-refractivity contribution in [1.29, 1.82) is 0 Å². The molecule has 3 rings (SSSR count). The van der Waals surface area contributed by atoms with Crippen LogP contribution in [0.25, 0.3) is 0 Å². The van der Waals surface area contributed by atoms with E-state index in [0.29, 0.717) is 6.42 Å². The molecule has 3 fully saturated rings. The van der Waals surface area contributed by atoms with Crippen LogP contribution in [0.4, 0.5) is 0 Å². The first-order chi connectivity index (χ1) is 12.9. The Hall–Kier alpha value is -1.67. The standard InChI is InChI=1S/C20H32N2O6/c1-7-27-17(26)13-12-16(25)22(8-9-23)14(15(24)21-18(3,4)5)20(12)10-11(2)19(13,6)28-20/h11-14,23H,7-10H2,1-6H3,(H,21,24)/t11?,12-,13+,14?,19-,20?/m0/s1. The van der Waals surface area contributed by atoms with Crippen molar-refractivity contribution in [2.75, 3.05) is 19.8 Å². The van der Waals surface area contributed by atoms with Crippen molar-refractivity contribution >= 4 is 17.8 Å². The number of β-amino-alcohol motifs (C(OH)–C–C–N with tert-alkyl or cyclic N) is 1. The second-order valence-electron chi connectivity index (χ2n) is 9.45. The molecule has 2 N–H and O–H groups in total. The van der Waals surface area contributed by atoms with Crippen LogP contribution in [-0.4, -0.2) is 70.3 Å². The maximum Gasteiger partial charge on any atom is 0.312 e. The number of amides is 2. The average Bonchev–Trinajstić information content (AvgIpc) is 3.05. The van der Waals surface area contributed by atoms with E-state index in [1.54, 1.807) is 6.92 Å². The monoisotopic (exact) mass is 396 g/mol. The molecule has 3 aliphatic rings. The van der Waals surface area contributed by atoms with Gasteiger partial charge in [-0.2, -0.15) is 0 Å². The van der Waals surface area contributed by atoms with Crippen molar-refractivity contribution in [2.24, 2.45) is 17.8 Å². The molecular formula is C20H32N2O6. The van der Waals surface area contributed by atoms with E-state index < -0.39 is 40.6 Å². The second-order valence-corrected chi connectivity index (χ2v) is 9.45. The maximum atomic E-state index is 13.4. The third-order valence-electron chi connectivity index (χ3n) is 6.44. The normalized spacial score (nSPS) is 39.2. The summed E-state index contributed by atoms with van der Waals surface area (Å²) in [6, 6.07) is -0.889. The Labute approximate surface area is 165 Å². The molecule has 0 radical (unpaired) electrons. The first-order valence-corrected chi connectivity index (χ1v) is 10.0. The van der Waals surface area contributed by atoms with Crippen LogP contribution in [0.1, 0.15) is 48.0 Å². The van der Waals surface area contributed by atoms with Gasteiger partial charge in [0, 0.05) is 12.1 Å². The quantitative estimate of drug-likeness (QED) is 0.655. The van der Waals surface area contributed by atoms with Crippen molar-refractivity contribution in [1.82, 2.24) is 10.2 Å². The van der Waals surface area contributed by atoms with Crippen LogP contribution in [-0.2, 0) is 23.9 Å². The van der Waals surface area contributed by atoms with E-state index >= 15 is 0 Å². The summed E-state index contributed by atoms with van der Waals surface area (Å²) in [6.45, 7) is 11.1. The van der Waals surface area contributed by atoms with Crippen molar-refractivity contribution in [2.45, 2.75) is 70.7 Å². The second kappa shape index (κ2) is 6.69. The van der Waals surface area contributed by atoms with E-state index in [9.17, 15) is 19.5 Å². The molecule has 0 aliphatic carbocycles. The van der Waals surface area contributed by atoms with E-state index in [1.165, 1.54) is 4.90 Å². The van der Waals surface area contributed by atoms with Gasteiger partial charge in [0.1, 0.15) is 17.6 Å². The fraction of sp³-hybridized carbons (Fsp3) is 0.850. The van der Waals surface area contributed by atoms with Crippen LogP contribution < -0.4 is 5.32 Å². The van der Waals surface area contributed by atoms with Crippen LogP contribution >= 0.6 is 0 Å². The highest BCUT2D eigenvalue weighted by molar-refractivity contribution is 5.98. The summed E-state index contributed by atoms with van der Waals surface area (Å²) in [5, 5.41) is 12.5. The molecule has 158 valence electrons. The highest BCUT2D eigenvalue weighted by Crippen LogP contribution is 2.65. The fourth-order valence-electron chi connectivity index (χ4n) is 5.42. The Bertz CT molecular complexity index is 689. The van der Waals surface area contributed by atoms with E-state index in [0.717, 1.165) is 0 Å². The topological polar surface area (TPSA) is 105 Å². The summed E-state index contributed by atoms with van der Waals surface area (Å²) in [6.07, 6.45) is 0.500. The number of aliphatic hydroxyl groups is 1. The highest BCUT2D eigenvalue weighted by atomic mass is 16.6. The number of carbonyl (C=O) groups excluding carboxylic acids is 3. The lowest BCUT2D eigenvalue weighted by Gasteiger charge is -2.36. The maximum absolute atomic E-state index is 13.4. The highest BCUT2D eigenvalue weighted by Gasteiger charge is 2.80. The molecule has 28 heavy (non-hydrogen) atoms. The zero-order chi connectivity index (χ0) is 21.1. The Morgan fingerprint density at radius 1 is 1.39 bits per heavy atom. The number of fused-ring (bicyclic) bond motifs is 1. The molecule has 0 aromatic rings. The molecule has 0 aromatic heterocycles. The fourth-order valence-corrected chi connectivity index (χ4v) is 5.42. The first kappa shape index (κ1) is 21.0. The minimum absolute atomic E-state index is 0.0172. The van der Waals surface area contributed by atoms with Gasteiger partial charge in [-0.25, -0.2) is 0 Å². The summed E-state index contributed by atoms with van der Waals surface area (Å²) < 4.78 is 11.7. The number of nitrogens with one attached hydrogen (secondary N) is 1. The summed E-state index contributed by atoms with van der Waals surface area (Å²) in [5.41, 5.74) is -2.45. The summed E-state index contributed by atoms with van der Waals surface area (Å²) >= 11 is 0. The summed E-state index contributed by atoms with van der Waals surface area (Å²) in [4.78, 5) is 40.8. The lowest BCUT2D eigenvalue weighted by molar-refractivity contribution is -0.161. The SMILES string of the molecule is CCOC(=O)[C@H]1[C@H]2C(=O)N(CCO)C(C(=O)NC(C)(C)C)C23CC(C)[C@]1(C)O3. The van der Waals surface area contributed by atoms with E-state index in [2.05, 4.69) is 5.32 Å². The number of aliphatic hydroxyl groups excluding tert-OH is 1. The Morgan fingerprint density at radius 2 is 2.04 bits per heavy atom. The number of carbonyl (C=O) groups is 3. The Morgan fingerprint density at radius 3 is 2.57 bits per heavy atom. The first-order valence-electron chi connectivity index (χ1n) is 10.0. The lowest BCUT2D eigenvalue weighted by atomic mass is 9.62. The van der Waals surface area contributed by atoms with Crippen molar-refractivity contribution in [3.63, 3.8) is 0 Å². The molecule has 2 bridgehead atoms. The van der Waals surface area contributed by atoms with Gasteiger partial charge < -0.3 is 24.8 Å². The van der Waals surface area contributed by atoms with Crippen molar-refractivity contribution in [3.8, 4) is 0 Å². The average molecular weight is 396 g/mol. The zero-order valence-corrected chi connectivity index (χ0v) is 17.6. The molecule has 8 heteroatoms. The van der Waals surface area contributed by atoms with Gasteiger partial charge in [-0.05, 0) is 47.0 Å². The van der Waals surface area contributed by atoms with Crippen molar-refractivity contribution < 1.29 is 29.0 Å². The Balaban J connectivity index is 2.08. The van der Waals surface area contributed by atoms with Crippen molar-refractivity contribution in [3.05, 3.63) is 0 Å². The molecule has 3 unspecified atom stereocenters. The van der Waals surface area contributed by atoms with E-state index in [4.69, 9.17) is 9.47 Å². The zero-order valence-electron chi connectivity index (χ0n) is 17.6. The number of ether oxygens (including phenoxy) is 2. The predicted molar refractivity (Wildman–Crippen MR) is 100 cm³/mol. The minimum Gasteiger partial charge on any atom is -0.466 e. The molecule has 0 aromatic carbocycles. The van der Waals surface area contributed by atoms with Gasteiger partial charge in [0.2, 0.25) is 11.8 Å². The number of rotatable bonds is 5. The molecule has 3 saturated heterocycles. The Kier molecular flexibility index (Phi) is 5.03. The van der Waals surface area contributed by atoms with Crippen LogP contribution in [0, 0.1) is 17.8 Å². The van der Waals surface area contributed by atoms with Crippen LogP contribution in [0.15, 0.2) is 0 Å². The molecule has 0 saturated carbocycles. The van der Waals surface area contributed by atoms with Gasteiger partial charge >= 0.3 is 5.97 Å². The largest absolute Gasteiger partial charge is 0.466 e. The van der Waals surface area contributed by atoms with Crippen LogP contribution in [0.3, 0.4) is 0 Å². The third kappa shape index (κ3) is 2.84. The summed E-state index contributed by atoms with van der Waals surface area (Å²) in [7, 11) is 0. The summed E-state index contributed by atoms with van der Waals surface area (Å²) in [5.74, 6) is -2.68. The van der Waals surface area contributed by atoms with Gasteiger partial charge in [-0.3, -0.25) is 14.4 Å². The van der Waals surface area contributed by atoms with Gasteiger partial charge in [-0.15, -0.1) is 0 Å². The van der Waals surface area contributed by atoms with E-state index in [-0.39, 0.29) is 37.5 Å². The third-order valence-corrected chi connectivity index (χ3v) is 6.44. The van der Waals surface area contributed by atoms with E-state index in [1.807, 2.05) is 34.6 Å². The number of hydrogen-bond acceptors (Lipinski definition) is 6. The molecule has 8 nitrogen and oxygen atoms in total. The molecule has 3 aliphatic heterocycles. The smallest absolute Gasteiger partial charge is 0.312 e. The molecule has 2 amide bonds. The molecule has 1 spiro atoms. The van der Waals surface area contributed by atoms with Gasteiger partial charge in [0.15, 0.2) is 0 Å². The van der Waals surface area contributed by atoms with Gasteiger partial charge in [0.25, 0.3) is 0 Å². The molecule has 6 atom stereocenters. The van der Waals surface area contributed by atoms with Gasteiger partial charge in [-0.1, -0.05) is 6.92 Å². The van der Waals surface area contributed by atoms with Crippen LogP contribution in [0.2, 0.25) is 0 Å². The molecule has 3 heterocycles. The lowest BCUT2D eigenvalue weighted by Crippen LogP contribution is -2.58. The number of likely N-dealkylation sites (tertiary alicyclic amines) is 1. The number of nitrogens with zero attached hydrogens (tertiary/aromatic N) is 1. The molecular weight excluding hydrogens is 364 g/mol. The number of esters is 1. The van der Waals surface area contributed by atoms with Gasteiger partial charge in [0.05, 0.1) is 24.7 Å². The van der Waals surface area contributed by atoms with Crippen LogP contribution in [0.5, 0.6) is 0 Å². The minimum atomic E-state index is -1.09. The number of hydrogen-bond donors (Lipinski definition) is 2.